The Hall–Kier alpha value is -1.27. The maximum absolute atomic E-state index is 9.53. The molecule has 0 spiro atoms. The Kier molecular flexibility index (Phi) is 4.80. The predicted molar refractivity (Wildman–Crippen MR) is 108 cm³/mol. The van der Waals surface area contributed by atoms with Crippen LogP contribution in [0.2, 0.25) is 4.20 Å². The molecule has 0 aromatic heterocycles. The molecule has 1 atom stereocenters. The molecule has 0 radical (unpaired) electrons. The monoisotopic (exact) mass is 400 g/mol. The summed E-state index contributed by atoms with van der Waals surface area (Å²) in [5.41, 5.74) is 6.90. The van der Waals surface area contributed by atoms with Crippen molar-refractivity contribution in [3.63, 3.8) is 0 Å². The van der Waals surface area contributed by atoms with Crippen molar-refractivity contribution in [3.05, 3.63) is 60.2 Å². The summed E-state index contributed by atoms with van der Waals surface area (Å²) in [6.45, 7) is 4.66. The van der Waals surface area contributed by atoms with Gasteiger partial charge >= 0.3 is 144 Å². The van der Waals surface area contributed by atoms with E-state index in [9.17, 15) is 5.11 Å². The summed E-state index contributed by atoms with van der Waals surface area (Å²) in [5.74, 6) is 0. The van der Waals surface area contributed by atoms with Crippen LogP contribution in [0, 0.1) is 0 Å². The quantitative estimate of drug-likeness (QED) is 0.476. The molecule has 4 rings (SSSR count). The third-order valence-electron chi connectivity index (χ3n) is 4.79. The first-order valence-electron chi connectivity index (χ1n) is 8.11. The Labute approximate surface area is 156 Å². The van der Waals surface area contributed by atoms with Gasteiger partial charge in [0.15, 0.2) is 0 Å². The fourth-order valence-electron chi connectivity index (χ4n) is 3.41. The van der Waals surface area contributed by atoms with Crippen LogP contribution < -0.4 is 0 Å². The minimum Gasteiger partial charge on any atom is -0.147 e. The number of benzene rings is 3. The molecule has 0 bridgehead atoms. The van der Waals surface area contributed by atoms with Crippen molar-refractivity contribution in [1.29, 1.82) is 0 Å². The molecule has 1 unspecified atom stereocenters. The number of halogens is 1. The van der Waals surface area contributed by atoms with Gasteiger partial charge in [-0.3, -0.25) is 0 Å². The Bertz CT molecular complexity index is 872. The maximum atomic E-state index is 9.53. The zero-order chi connectivity index (χ0) is 16.0. The number of aliphatic hydroxyl groups excluding tert-OH is 1. The van der Waals surface area contributed by atoms with E-state index in [1.165, 1.54) is 38.6 Å². The molecule has 0 saturated carbocycles. The average molecular weight is 401 g/mol. The van der Waals surface area contributed by atoms with Crippen LogP contribution >= 0.6 is 12.4 Å². The smallest absolute Gasteiger partial charge is 0.147 e. The second kappa shape index (κ2) is 6.56. The first-order valence-corrected chi connectivity index (χ1v) is 10.6. The summed E-state index contributed by atoms with van der Waals surface area (Å²) in [6, 6.07) is 20.0. The van der Waals surface area contributed by atoms with Crippen molar-refractivity contribution < 1.29 is 5.11 Å². The van der Waals surface area contributed by atoms with Gasteiger partial charge in [0.1, 0.15) is 0 Å². The molecule has 0 fully saturated rings. The third kappa shape index (κ3) is 2.79. The van der Waals surface area contributed by atoms with Crippen molar-refractivity contribution in [2.45, 2.75) is 23.3 Å². The van der Waals surface area contributed by atoms with Gasteiger partial charge < -0.3 is 0 Å². The van der Waals surface area contributed by atoms with Crippen molar-refractivity contribution in [2.24, 2.45) is 0 Å². The van der Waals surface area contributed by atoms with Gasteiger partial charge in [-0.15, -0.1) is 12.4 Å². The number of aliphatic hydroxyl groups is 1. The largest absolute Gasteiger partial charge is 0.147 e. The Balaban J connectivity index is 0.00000169. The molecule has 3 heteroatoms. The van der Waals surface area contributed by atoms with Crippen LogP contribution in [0.4, 0.5) is 0 Å². The molecule has 3 aromatic carbocycles. The number of fused-ring (bicyclic) bond motifs is 3. The molecule has 1 aliphatic carbocycles. The van der Waals surface area contributed by atoms with Gasteiger partial charge in [-0.1, -0.05) is 0 Å². The first-order chi connectivity index (χ1) is 11.1. The molecule has 124 valence electrons. The number of hydrogen-bond donors (Lipinski definition) is 1. The SMILES string of the molecule is CC(C)(CO)[AsH]Cc1ccc2c3c(cccc13)-c1ccccc1-2.Cl. The van der Waals surface area contributed by atoms with E-state index in [4.69, 9.17) is 0 Å². The van der Waals surface area contributed by atoms with E-state index in [1.54, 1.807) is 0 Å². The molecule has 0 aliphatic heterocycles. The second-order valence-corrected chi connectivity index (χ2v) is 11.3. The summed E-state index contributed by atoms with van der Waals surface area (Å²) in [5, 5.41) is 13.5. The summed E-state index contributed by atoms with van der Waals surface area (Å²) in [4.78, 5) is 0. The second-order valence-electron chi connectivity index (χ2n) is 6.94. The molecule has 24 heavy (non-hydrogen) atoms. The summed E-state index contributed by atoms with van der Waals surface area (Å²) < 4.78 is 0.103. The predicted octanol–water partition coefficient (Wildman–Crippen LogP) is 5.04. The van der Waals surface area contributed by atoms with Crippen molar-refractivity contribution >= 4 is 38.9 Å². The van der Waals surface area contributed by atoms with E-state index in [2.05, 4.69) is 68.4 Å². The normalized spacial score (nSPS) is 12.6. The molecule has 0 saturated heterocycles. The van der Waals surface area contributed by atoms with E-state index in [-0.39, 0.29) is 32.4 Å². The van der Waals surface area contributed by atoms with Crippen molar-refractivity contribution in [1.82, 2.24) is 0 Å². The molecular formula is C21H22AsClO. The Morgan fingerprint density at radius 2 is 1.46 bits per heavy atom. The van der Waals surface area contributed by atoms with Crippen LogP contribution in [0.5, 0.6) is 0 Å². The average Bonchev–Trinajstić information content (AvgIpc) is 2.91. The van der Waals surface area contributed by atoms with E-state index >= 15 is 0 Å². The van der Waals surface area contributed by atoms with Gasteiger partial charge in [-0.25, -0.2) is 0 Å². The van der Waals surface area contributed by atoms with E-state index in [0.29, 0.717) is 6.61 Å². The van der Waals surface area contributed by atoms with E-state index in [0.717, 1.165) is 5.21 Å². The van der Waals surface area contributed by atoms with Crippen LogP contribution in [0.3, 0.4) is 0 Å². The zero-order valence-electron chi connectivity index (χ0n) is 14.0. The summed E-state index contributed by atoms with van der Waals surface area (Å²) in [7, 11) is 0. The number of hydrogen-bond acceptors (Lipinski definition) is 1. The number of rotatable bonds is 4. The molecule has 0 amide bonds. The molecule has 1 aliphatic rings. The van der Waals surface area contributed by atoms with Gasteiger partial charge in [0.05, 0.1) is 0 Å². The fraction of sp³-hybridized carbons (Fsp3) is 0.238. The minimum absolute atomic E-state index is 0. The van der Waals surface area contributed by atoms with Gasteiger partial charge in [0, 0.05) is 0 Å². The molecule has 1 nitrogen and oxygen atoms in total. The van der Waals surface area contributed by atoms with Crippen molar-refractivity contribution in [2.75, 3.05) is 6.61 Å². The van der Waals surface area contributed by atoms with Crippen LogP contribution in [0.15, 0.2) is 54.6 Å². The first kappa shape index (κ1) is 17.5. The van der Waals surface area contributed by atoms with E-state index in [1.807, 2.05) is 0 Å². The maximum Gasteiger partial charge on any atom is -0.147 e. The van der Waals surface area contributed by atoms with Crippen LogP contribution in [0.25, 0.3) is 33.0 Å². The molecule has 0 heterocycles. The van der Waals surface area contributed by atoms with Crippen LogP contribution in [0.1, 0.15) is 19.4 Å². The van der Waals surface area contributed by atoms with Gasteiger partial charge in [0.2, 0.25) is 0 Å². The Morgan fingerprint density at radius 1 is 0.833 bits per heavy atom. The van der Waals surface area contributed by atoms with Crippen LogP contribution in [-0.2, 0) is 5.21 Å². The third-order valence-corrected chi connectivity index (χ3v) is 8.30. The molecule has 1 N–H and O–H groups in total. The summed E-state index contributed by atoms with van der Waals surface area (Å²) >= 11 is -0.231. The summed E-state index contributed by atoms with van der Waals surface area (Å²) in [6.07, 6.45) is 0. The minimum atomic E-state index is -0.231. The van der Waals surface area contributed by atoms with Crippen LogP contribution in [-0.4, -0.2) is 27.5 Å². The zero-order valence-corrected chi connectivity index (χ0v) is 16.9. The van der Waals surface area contributed by atoms with Gasteiger partial charge in [-0.2, -0.15) is 0 Å². The fourth-order valence-corrected chi connectivity index (χ4v) is 5.70. The Morgan fingerprint density at radius 3 is 2.12 bits per heavy atom. The van der Waals surface area contributed by atoms with E-state index < -0.39 is 0 Å². The standard InChI is InChI=1S/C21H21AsO.ClH/c1-21(2,13-23)22-12-14-10-11-19-17-7-4-3-6-16(17)18-9-5-8-15(14)20(18)19;/h3-11,22-23H,12-13H2,1-2H3;1H. The topological polar surface area (TPSA) is 20.2 Å². The van der Waals surface area contributed by atoms with Crippen molar-refractivity contribution in [3.8, 4) is 22.3 Å². The molecule has 3 aromatic rings. The van der Waals surface area contributed by atoms with Gasteiger partial charge in [0.25, 0.3) is 0 Å². The van der Waals surface area contributed by atoms with Gasteiger partial charge in [-0.05, 0) is 0 Å². The molecular weight excluding hydrogens is 379 g/mol.